The van der Waals surface area contributed by atoms with Crippen LogP contribution in [0.4, 0.5) is 0 Å². The Morgan fingerprint density at radius 1 is 1.21 bits per heavy atom. The van der Waals surface area contributed by atoms with Gasteiger partial charge in [0.25, 0.3) is 0 Å². The summed E-state index contributed by atoms with van der Waals surface area (Å²) in [6, 6.07) is 8.85. The van der Waals surface area contributed by atoms with Gasteiger partial charge in [-0.25, -0.2) is 4.79 Å². The zero-order valence-electron chi connectivity index (χ0n) is 17.7. The standard InChI is InChI=1S/C22H34N4O2.HI/c1-3-23-22(25-19-13-15-26(16-19)20-6-4-5-7-20)24-14-12-17-8-10-18(11-9-17)21(27)28-2;/h8-11,19-20H,3-7,12-16H2,1-2H3,(H2,23,24,25);1H. The van der Waals surface area contributed by atoms with Gasteiger partial charge < -0.3 is 15.4 Å². The number of methoxy groups -OCH3 is 1. The van der Waals surface area contributed by atoms with Crippen LogP contribution in [0.15, 0.2) is 29.3 Å². The first-order chi connectivity index (χ1) is 13.7. The number of aliphatic imine (C=N–C) groups is 1. The van der Waals surface area contributed by atoms with E-state index in [-0.39, 0.29) is 29.9 Å². The smallest absolute Gasteiger partial charge is 0.337 e. The van der Waals surface area contributed by atoms with Gasteiger partial charge in [-0.2, -0.15) is 0 Å². The summed E-state index contributed by atoms with van der Waals surface area (Å²) in [7, 11) is 1.40. The van der Waals surface area contributed by atoms with Crippen LogP contribution in [0.2, 0.25) is 0 Å². The van der Waals surface area contributed by atoms with Gasteiger partial charge in [-0.05, 0) is 50.3 Å². The van der Waals surface area contributed by atoms with Crippen LogP contribution in [0.5, 0.6) is 0 Å². The van der Waals surface area contributed by atoms with Crippen molar-refractivity contribution in [1.82, 2.24) is 15.5 Å². The Labute approximate surface area is 191 Å². The van der Waals surface area contributed by atoms with Gasteiger partial charge in [-0.15, -0.1) is 24.0 Å². The average molecular weight is 514 g/mol. The number of halogens is 1. The number of esters is 1. The van der Waals surface area contributed by atoms with Crippen molar-refractivity contribution in [3.8, 4) is 0 Å². The van der Waals surface area contributed by atoms with Crippen LogP contribution < -0.4 is 10.6 Å². The molecule has 1 saturated carbocycles. The highest BCUT2D eigenvalue weighted by Crippen LogP contribution is 2.26. The zero-order valence-corrected chi connectivity index (χ0v) is 20.0. The molecule has 1 unspecified atom stereocenters. The topological polar surface area (TPSA) is 66.0 Å². The second kappa shape index (κ2) is 12.4. The SMILES string of the molecule is CCNC(=NCCc1ccc(C(=O)OC)cc1)NC1CCN(C2CCCC2)C1.I. The minimum absolute atomic E-state index is 0. The molecule has 0 spiro atoms. The fourth-order valence-corrected chi connectivity index (χ4v) is 4.24. The maximum atomic E-state index is 11.5. The van der Waals surface area contributed by atoms with E-state index in [2.05, 4.69) is 22.5 Å². The normalized spacial score (nSPS) is 20.3. The van der Waals surface area contributed by atoms with Gasteiger partial charge in [-0.3, -0.25) is 9.89 Å². The number of ether oxygens (including phenoxy) is 1. The van der Waals surface area contributed by atoms with Gasteiger partial charge in [0.1, 0.15) is 0 Å². The minimum Gasteiger partial charge on any atom is -0.465 e. The summed E-state index contributed by atoms with van der Waals surface area (Å²) in [6.45, 7) is 6.01. The molecule has 1 heterocycles. The number of hydrogen-bond donors (Lipinski definition) is 2. The molecule has 162 valence electrons. The monoisotopic (exact) mass is 514 g/mol. The molecule has 2 aliphatic rings. The molecule has 1 atom stereocenters. The Morgan fingerprint density at radius 3 is 2.59 bits per heavy atom. The molecule has 2 N–H and O–H groups in total. The summed E-state index contributed by atoms with van der Waals surface area (Å²) in [5.41, 5.74) is 1.75. The molecule has 6 nitrogen and oxygen atoms in total. The van der Waals surface area contributed by atoms with E-state index < -0.39 is 0 Å². The molecule has 3 rings (SSSR count). The molecule has 1 aliphatic heterocycles. The molecule has 1 aromatic rings. The molecule has 0 aromatic heterocycles. The molecule has 0 amide bonds. The van der Waals surface area contributed by atoms with E-state index in [0.29, 0.717) is 18.2 Å². The van der Waals surface area contributed by atoms with E-state index >= 15 is 0 Å². The van der Waals surface area contributed by atoms with Crippen molar-refractivity contribution in [3.05, 3.63) is 35.4 Å². The Balaban J connectivity index is 0.00000300. The van der Waals surface area contributed by atoms with Crippen molar-refractivity contribution in [1.29, 1.82) is 0 Å². The fourth-order valence-electron chi connectivity index (χ4n) is 4.24. The predicted molar refractivity (Wildman–Crippen MR) is 128 cm³/mol. The third-order valence-corrected chi connectivity index (χ3v) is 5.79. The number of rotatable bonds is 7. The number of nitrogens with zero attached hydrogens (tertiary/aromatic N) is 2. The van der Waals surface area contributed by atoms with Crippen LogP contribution in [0.25, 0.3) is 0 Å². The van der Waals surface area contributed by atoms with Crippen LogP contribution >= 0.6 is 24.0 Å². The lowest BCUT2D eigenvalue weighted by atomic mass is 10.1. The summed E-state index contributed by atoms with van der Waals surface area (Å²) in [5.74, 6) is 0.610. The van der Waals surface area contributed by atoms with Crippen molar-refractivity contribution in [2.45, 2.75) is 57.5 Å². The Hall–Kier alpha value is -1.35. The van der Waals surface area contributed by atoms with Crippen LogP contribution in [0.3, 0.4) is 0 Å². The van der Waals surface area contributed by atoms with E-state index in [9.17, 15) is 4.79 Å². The Kier molecular flexibility index (Phi) is 10.2. The number of hydrogen-bond acceptors (Lipinski definition) is 4. The van der Waals surface area contributed by atoms with E-state index in [1.165, 1.54) is 51.3 Å². The first kappa shape index (κ1) is 23.9. The van der Waals surface area contributed by atoms with Crippen molar-refractivity contribution in [2.24, 2.45) is 4.99 Å². The highest BCUT2D eigenvalue weighted by atomic mass is 127. The van der Waals surface area contributed by atoms with Gasteiger partial charge in [0.05, 0.1) is 12.7 Å². The van der Waals surface area contributed by atoms with E-state index in [0.717, 1.165) is 31.5 Å². The number of benzene rings is 1. The molecular formula is C22H35IN4O2. The van der Waals surface area contributed by atoms with E-state index in [1.54, 1.807) is 0 Å². The molecular weight excluding hydrogens is 479 g/mol. The summed E-state index contributed by atoms with van der Waals surface area (Å²) in [4.78, 5) is 18.9. The Morgan fingerprint density at radius 2 is 1.93 bits per heavy atom. The van der Waals surface area contributed by atoms with Crippen LogP contribution in [0, 0.1) is 0 Å². The second-order valence-electron chi connectivity index (χ2n) is 7.76. The predicted octanol–water partition coefficient (Wildman–Crippen LogP) is 3.21. The molecule has 2 fully saturated rings. The van der Waals surface area contributed by atoms with Crippen molar-refractivity contribution in [3.63, 3.8) is 0 Å². The quantitative estimate of drug-likeness (QED) is 0.253. The lowest BCUT2D eigenvalue weighted by Gasteiger charge is -2.24. The zero-order chi connectivity index (χ0) is 19.8. The van der Waals surface area contributed by atoms with Gasteiger partial charge in [-0.1, -0.05) is 25.0 Å². The van der Waals surface area contributed by atoms with E-state index in [1.807, 2.05) is 24.3 Å². The molecule has 7 heteroatoms. The molecule has 1 aromatic carbocycles. The maximum Gasteiger partial charge on any atom is 0.337 e. The van der Waals surface area contributed by atoms with Crippen LogP contribution in [0.1, 0.15) is 54.9 Å². The minimum atomic E-state index is -0.300. The van der Waals surface area contributed by atoms with Gasteiger partial charge in [0.15, 0.2) is 5.96 Å². The largest absolute Gasteiger partial charge is 0.465 e. The lowest BCUT2D eigenvalue weighted by molar-refractivity contribution is 0.0600. The van der Waals surface area contributed by atoms with Crippen LogP contribution in [-0.2, 0) is 11.2 Å². The second-order valence-corrected chi connectivity index (χ2v) is 7.76. The molecule has 0 bridgehead atoms. The molecule has 29 heavy (non-hydrogen) atoms. The fraction of sp³-hybridized carbons (Fsp3) is 0.636. The summed E-state index contributed by atoms with van der Waals surface area (Å²) < 4.78 is 4.74. The number of nitrogens with one attached hydrogen (secondary N) is 2. The van der Waals surface area contributed by atoms with Gasteiger partial charge >= 0.3 is 5.97 Å². The van der Waals surface area contributed by atoms with E-state index in [4.69, 9.17) is 9.73 Å². The number of likely N-dealkylation sites (tertiary alicyclic amines) is 1. The summed E-state index contributed by atoms with van der Waals surface area (Å²) in [5, 5.41) is 7.00. The third-order valence-electron chi connectivity index (χ3n) is 5.79. The van der Waals surface area contributed by atoms with Gasteiger partial charge in [0.2, 0.25) is 0 Å². The number of carbonyl (C=O) groups is 1. The van der Waals surface area contributed by atoms with Crippen molar-refractivity contribution >= 4 is 35.9 Å². The lowest BCUT2D eigenvalue weighted by Crippen LogP contribution is -2.45. The van der Waals surface area contributed by atoms with Crippen LogP contribution in [-0.4, -0.2) is 62.2 Å². The Bertz CT molecular complexity index is 659. The first-order valence-electron chi connectivity index (χ1n) is 10.7. The average Bonchev–Trinajstić information content (AvgIpc) is 3.40. The highest BCUT2D eigenvalue weighted by molar-refractivity contribution is 14.0. The molecule has 0 radical (unpaired) electrons. The molecule has 1 saturated heterocycles. The molecule has 1 aliphatic carbocycles. The maximum absolute atomic E-state index is 11.5. The van der Waals surface area contributed by atoms with Crippen molar-refractivity contribution < 1.29 is 9.53 Å². The van der Waals surface area contributed by atoms with Gasteiger partial charge in [0, 0.05) is 38.3 Å². The number of guanidine groups is 1. The number of carbonyl (C=O) groups excluding carboxylic acids is 1. The highest BCUT2D eigenvalue weighted by Gasteiger charge is 2.30. The summed E-state index contributed by atoms with van der Waals surface area (Å²) >= 11 is 0. The summed E-state index contributed by atoms with van der Waals surface area (Å²) in [6.07, 6.45) is 7.56. The third kappa shape index (κ3) is 7.13. The van der Waals surface area contributed by atoms with Crippen molar-refractivity contribution in [2.75, 3.05) is 33.3 Å². The first-order valence-corrected chi connectivity index (χ1v) is 10.7.